The van der Waals surface area contributed by atoms with Gasteiger partial charge in [-0.3, -0.25) is 4.79 Å². The Morgan fingerprint density at radius 2 is 1.97 bits per heavy atom. The number of likely N-dealkylation sites (tertiary alicyclic amines) is 1. The first-order valence-corrected chi connectivity index (χ1v) is 9.76. The molecule has 1 saturated heterocycles. The normalized spacial score (nSPS) is 14.5. The summed E-state index contributed by atoms with van der Waals surface area (Å²) < 4.78 is 7.13. The van der Waals surface area contributed by atoms with Crippen LogP contribution in [0.25, 0.3) is 16.7 Å². The highest BCUT2D eigenvalue weighted by molar-refractivity contribution is 5.90. The molecule has 9 heteroatoms. The molecule has 2 amide bonds. The van der Waals surface area contributed by atoms with Crippen molar-refractivity contribution in [3.05, 3.63) is 42.4 Å². The van der Waals surface area contributed by atoms with Crippen LogP contribution in [0, 0.1) is 0 Å². The molecule has 1 aliphatic rings. The van der Waals surface area contributed by atoms with Gasteiger partial charge in [0.2, 0.25) is 5.91 Å². The van der Waals surface area contributed by atoms with Crippen LogP contribution in [0.4, 0.5) is 10.6 Å². The van der Waals surface area contributed by atoms with Gasteiger partial charge in [0.1, 0.15) is 11.4 Å². The van der Waals surface area contributed by atoms with Crippen LogP contribution in [0.2, 0.25) is 0 Å². The van der Waals surface area contributed by atoms with E-state index >= 15 is 0 Å². The van der Waals surface area contributed by atoms with Crippen molar-refractivity contribution in [2.75, 3.05) is 18.4 Å². The van der Waals surface area contributed by atoms with Gasteiger partial charge >= 0.3 is 6.09 Å². The standard InChI is InChI=1S/C21H24N6O3/c1-13(28)24-18-8-17-14(9-22-18)10-23-27(17)19-7-5-6-16(25-19)15-11-26(12-15)20(29)30-21(2,3)4/h5-10,15H,11-12H2,1-4H3,(H,22,24,28). The molecule has 0 unspecified atom stereocenters. The molecule has 4 heterocycles. The molecule has 30 heavy (non-hydrogen) atoms. The van der Waals surface area contributed by atoms with Gasteiger partial charge in [0.15, 0.2) is 5.82 Å². The van der Waals surface area contributed by atoms with Gasteiger partial charge in [-0.25, -0.2) is 19.4 Å². The molecule has 3 aromatic rings. The molecule has 9 nitrogen and oxygen atoms in total. The lowest BCUT2D eigenvalue weighted by molar-refractivity contribution is -0.114. The molecule has 4 rings (SSSR count). The molecule has 3 aromatic heterocycles. The smallest absolute Gasteiger partial charge is 0.410 e. The summed E-state index contributed by atoms with van der Waals surface area (Å²) >= 11 is 0. The predicted molar refractivity (Wildman–Crippen MR) is 112 cm³/mol. The first-order chi connectivity index (χ1) is 14.2. The number of fused-ring (bicyclic) bond motifs is 1. The highest BCUT2D eigenvalue weighted by Crippen LogP contribution is 2.28. The Bertz CT molecular complexity index is 1110. The minimum Gasteiger partial charge on any atom is -0.444 e. The summed E-state index contributed by atoms with van der Waals surface area (Å²) in [6, 6.07) is 7.53. The van der Waals surface area contributed by atoms with Gasteiger partial charge in [-0.05, 0) is 32.9 Å². The summed E-state index contributed by atoms with van der Waals surface area (Å²) in [7, 11) is 0. The van der Waals surface area contributed by atoms with Gasteiger partial charge in [-0.15, -0.1) is 0 Å². The fourth-order valence-electron chi connectivity index (χ4n) is 3.28. The Kier molecular flexibility index (Phi) is 4.89. The van der Waals surface area contributed by atoms with E-state index in [1.165, 1.54) is 6.92 Å². The molecule has 0 radical (unpaired) electrons. The molecule has 0 aromatic carbocycles. The van der Waals surface area contributed by atoms with Crippen LogP contribution in [0.5, 0.6) is 0 Å². The largest absolute Gasteiger partial charge is 0.444 e. The molecule has 156 valence electrons. The van der Waals surface area contributed by atoms with Crippen molar-refractivity contribution in [3.8, 4) is 5.82 Å². The van der Waals surface area contributed by atoms with Gasteiger partial charge in [-0.1, -0.05) is 6.07 Å². The number of carbonyl (C=O) groups is 2. The van der Waals surface area contributed by atoms with Crippen LogP contribution in [0.1, 0.15) is 39.3 Å². The summed E-state index contributed by atoms with van der Waals surface area (Å²) in [5.41, 5.74) is 1.18. The number of carbonyl (C=O) groups excluding carboxylic acids is 2. The molecule has 1 aliphatic heterocycles. The number of anilines is 1. The summed E-state index contributed by atoms with van der Waals surface area (Å²) in [4.78, 5) is 34.1. The number of ether oxygens (including phenoxy) is 1. The average molecular weight is 408 g/mol. The minimum absolute atomic E-state index is 0.149. The number of nitrogens with one attached hydrogen (secondary N) is 1. The summed E-state index contributed by atoms with van der Waals surface area (Å²) in [6.07, 6.45) is 3.08. The molecule has 0 bridgehead atoms. The number of hydrogen-bond donors (Lipinski definition) is 1. The van der Waals surface area contributed by atoms with E-state index in [4.69, 9.17) is 9.72 Å². The van der Waals surface area contributed by atoms with Crippen molar-refractivity contribution in [2.24, 2.45) is 0 Å². The maximum absolute atomic E-state index is 12.2. The van der Waals surface area contributed by atoms with Crippen LogP contribution in [-0.2, 0) is 9.53 Å². The van der Waals surface area contributed by atoms with E-state index in [2.05, 4.69) is 15.4 Å². The lowest BCUT2D eigenvalue weighted by atomic mass is 9.96. The molecule has 0 saturated carbocycles. The van der Waals surface area contributed by atoms with Crippen molar-refractivity contribution < 1.29 is 14.3 Å². The lowest BCUT2D eigenvalue weighted by Crippen LogP contribution is -2.50. The highest BCUT2D eigenvalue weighted by Gasteiger charge is 2.35. The second kappa shape index (κ2) is 7.40. The van der Waals surface area contributed by atoms with E-state index in [-0.39, 0.29) is 17.9 Å². The van der Waals surface area contributed by atoms with Crippen LogP contribution in [0.15, 0.2) is 36.7 Å². The van der Waals surface area contributed by atoms with Crippen molar-refractivity contribution >= 4 is 28.7 Å². The number of nitrogens with zero attached hydrogens (tertiary/aromatic N) is 5. The zero-order valence-corrected chi connectivity index (χ0v) is 17.4. The number of pyridine rings is 2. The van der Waals surface area contributed by atoms with E-state index in [9.17, 15) is 9.59 Å². The van der Waals surface area contributed by atoms with E-state index in [1.807, 2.05) is 39.0 Å². The SMILES string of the molecule is CC(=O)Nc1cc2c(cn1)cnn2-c1cccc(C2CN(C(=O)OC(C)(C)C)C2)n1. The number of amides is 2. The lowest BCUT2D eigenvalue weighted by Gasteiger charge is -2.39. The zero-order valence-electron chi connectivity index (χ0n) is 17.4. The monoisotopic (exact) mass is 408 g/mol. The maximum atomic E-state index is 12.2. The first-order valence-electron chi connectivity index (χ1n) is 9.76. The van der Waals surface area contributed by atoms with Gasteiger partial charge in [0.25, 0.3) is 0 Å². The number of rotatable bonds is 3. The van der Waals surface area contributed by atoms with Crippen LogP contribution in [0.3, 0.4) is 0 Å². The van der Waals surface area contributed by atoms with Crippen molar-refractivity contribution in [2.45, 2.75) is 39.2 Å². The third-order valence-corrected chi connectivity index (χ3v) is 4.68. The fourth-order valence-corrected chi connectivity index (χ4v) is 3.28. The Hall–Kier alpha value is -3.49. The average Bonchev–Trinajstić information content (AvgIpc) is 3.02. The van der Waals surface area contributed by atoms with E-state index in [0.717, 1.165) is 16.6 Å². The summed E-state index contributed by atoms with van der Waals surface area (Å²) in [5, 5.41) is 7.96. The van der Waals surface area contributed by atoms with E-state index in [1.54, 1.807) is 28.0 Å². The Morgan fingerprint density at radius 3 is 2.67 bits per heavy atom. The molecular weight excluding hydrogens is 384 g/mol. The highest BCUT2D eigenvalue weighted by atomic mass is 16.6. The molecule has 1 N–H and O–H groups in total. The van der Waals surface area contributed by atoms with Gasteiger partial charge in [-0.2, -0.15) is 5.10 Å². The van der Waals surface area contributed by atoms with E-state index in [0.29, 0.717) is 24.7 Å². The Labute approximate surface area is 174 Å². The topological polar surface area (TPSA) is 102 Å². The second-order valence-electron chi connectivity index (χ2n) is 8.37. The van der Waals surface area contributed by atoms with E-state index < -0.39 is 5.60 Å². The molecule has 0 aliphatic carbocycles. The number of hydrogen-bond acceptors (Lipinski definition) is 6. The van der Waals surface area contributed by atoms with Gasteiger partial charge in [0, 0.05) is 49.3 Å². The number of aromatic nitrogens is 4. The molecule has 0 atom stereocenters. The van der Waals surface area contributed by atoms with Crippen molar-refractivity contribution in [1.29, 1.82) is 0 Å². The van der Waals surface area contributed by atoms with Crippen molar-refractivity contribution in [3.63, 3.8) is 0 Å². The fraction of sp³-hybridized carbons (Fsp3) is 0.381. The molecule has 1 fully saturated rings. The minimum atomic E-state index is -0.507. The third kappa shape index (κ3) is 4.10. The van der Waals surface area contributed by atoms with Crippen LogP contribution >= 0.6 is 0 Å². The first kappa shape index (κ1) is 19.8. The molecular formula is C21H24N6O3. The Morgan fingerprint density at radius 1 is 1.20 bits per heavy atom. The maximum Gasteiger partial charge on any atom is 0.410 e. The molecule has 0 spiro atoms. The Balaban J connectivity index is 1.53. The summed E-state index contributed by atoms with van der Waals surface area (Å²) in [5.74, 6) is 1.08. The second-order valence-corrected chi connectivity index (χ2v) is 8.37. The quantitative estimate of drug-likeness (QED) is 0.714. The van der Waals surface area contributed by atoms with Gasteiger partial charge < -0.3 is 15.0 Å². The van der Waals surface area contributed by atoms with Gasteiger partial charge in [0.05, 0.1) is 11.7 Å². The van der Waals surface area contributed by atoms with Crippen LogP contribution < -0.4 is 5.32 Å². The predicted octanol–water partition coefficient (Wildman–Crippen LogP) is 3.11. The van der Waals surface area contributed by atoms with Crippen molar-refractivity contribution in [1.82, 2.24) is 24.6 Å². The zero-order chi connectivity index (χ0) is 21.5. The van der Waals surface area contributed by atoms with Crippen LogP contribution in [-0.4, -0.2) is 55.3 Å². The third-order valence-electron chi connectivity index (χ3n) is 4.68. The summed E-state index contributed by atoms with van der Waals surface area (Å²) in [6.45, 7) is 8.15.